The first-order valence-corrected chi connectivity index (χ1v) is 9.01. The molecule has 19 heavy (non-hydrogen) atoms. The van der Waals surface area contributed by atoms with Gasteiger partial charge in [0.15, 0.2) is 0 Å². The Morgan fingerprint density at radius 3 is 2.79 bits per heavy atom. The summed E-state index contributed by atoms with van der Waals surface area (Å²) in [7, 11) is 0. The fourth-order valence-corrected chi connectivity index (χ4v) is 4.42. The fourth-order valence-electron chi connectivity index (χ4n) is 3.05. The lowest BCUT2D eigenvalue weighted by Gasteiger charge is -2.16. The van der Waals surface area contributed by atoms with Gasteiger partial charge in [0.2, 0.25) is 0 Å². The van der Waals surface area contributed by atoms with Crippen molar-refractivity contribution in [2.75, 3.05) is 6.54 Å². The number of hydrogen-bond acceptors (Lipinski definition) is 2. The van der Waals surface area contributed by atoms with Gasteiger partial charge in [-0.1, -0.05) is 39.5 Å². The minimum Gasteiger partial charge on any atom is -0.310 e. The molecule has 2 rings (SSSR count). The molecule has 2 heteroatoms. The summed E-state index contributed by atoms with van der Waals surface area (Å²) < 4.78 is 0. The van der Waals surface area contributed by atoms with Crippen LogP contribution in [0.5, 0.6) is 0 Å². The van der Waals surface area contributed by atoms with Crippen LogP contribution in [0, 0.1) is 0 Å². The van der Waals surface area contributed by atoms with Crippen LogP contribution in [0.15, 0.2) is 6.07 Å². The van der Waals surface area contributed by atoms with Gasteiger partial charge in [0.25, 0.3) is 0 Å². The monoisotopic (exact) mass is 279 g/mol. The zero-order valence-corrected chi connectivity index (χ0v) is 13.5. The molecule has 1 aromatic heterocycles. The minimum absolute atomic E-state index is 0.605. The predicted octanol–water partition coefficient (Wildman–Crippen LogP) is 5.25. The fraction of sp³-hybridized carbons (Fsp3) is 0.765. The highest BCUT2D eigenvalue weighted by Gasteiger charge is 2.17. The van der Waals surface area contributed by atoms with Crippen LogP contribution < -0.4 is 5.32 Å². The van der Waals surface area contributed by atoms with Crippen LogP contribution in [0.2, 0.25) is 0 Å². The average molecular weight is 279 g/mol. The summed E-state index contributed by atoms with van der Waals surface area (Å²) in [6.07, 6.45) is 12.2. The highest BCUT2D eigenvalue weighted by molar-refractivity contribution is 7.12. The van der Waals surface area contributed by atoms with Gasteiger partial charge in [-0.2, -0.15) is 0 Å². The second-order valence-electron chi connectivity index (χ2n) is 5.76. The normalized spacial score (nSPS) is 16.9. The molecule has 1 heterocycles. The Bertz CT molecular complexity index is 346. The highest BCUT2D eigenvalue weighted by Crippen LogP contribution is 2.34. The number of hydrogen-bond donors (Lipinski definition) is 1. The van der Waals surface area contributed by atoms with E-state index in [0.717, 1.165) is 6.54 Å². The minimum atomic E-state index is 0.605. The van der Waals surface area contributed by atoms with E-state index in [4.69, 9.17) is 0 Å². The zero-order valence-electron chi connectivity index (χ0n) is 12.6. The Morgan fingerprint density at radius 2 is 2.00 bits per heavy atom. The van der Waals surface area contributed by atoms with Crippen molar-refractivity contribution >= 4 is 11.3 Å². The van der Waals surface area contributed by atoms with E-state index >= 15 is 0 Å². The molecule has 1 atom stereocenters. The van der Waals surface area contributed by atoms with Gasteiger partial charge in [-0.15, -0.1) is 11.3 Å². The van der Waals surface area contributed by atoms with Crippen LogP contribution >= 0.6 is 11.3 Å². The second-order valence-corrected chi connectivity index (χ2v) is 6.93. The summed E-state index contributed by atoms with van der Waals surface area (Å²) in [5, 5.41) is 3.69. The van der Waals surface area contributed by atoms with Crippen LogP contribution in [0.4, 0.5) is 0 Å². The largest absolute Gasteiger partial charge is 0.310 e. The lowest BCUT2D eigenvalue weighted by Crippen LogP contribution is -2.19. The predicted molar refractivity (Wildman–Crippen MR) is 86.1 cm³/mol. The topological polar surface area (TPSA) is 12.0 Å². The van der Waals surface area contributed by atoms with Crippen LogP contribution in [0.1, 0.15) is 80.2 Å². The summed E-state index contributed by atoms with van der Waals surface area (Å²) in [6, 6.07) is 3.12. The molecular formula is C17H29NS. The third-order valence-corrected chi connectivity index (χ3v) is 5.51. The molecule has 0 fully saturated rings. The molecule has 0 spiro atoms. The molecule has 1 N–H and O–H groups in total. The summed E-state index contributed by atoms with van der Waals surface area (Å²) in [5.74, 6) is 0. The lowest BCUT2D eigenvalue weighted by atomic mass is 10.0. The summed E-state index contributed by atoms with van der Waals surface area (Å²) >= 11 is 2.09. The molecule has 0 radical (unpaired) electrons. The number of thiophene rings is 1. The van der Waals surface area contributed by atoms with Crippen LogP contribution in [-0.2, 0) is 12.8 Å². The van der Waals surface area contributed by atoms with Crippen molar-refractivity contribution in [1.29, 1.82) is 0 Å². The molecule has 0 saturated carbocycles. The van der Waals surface area contributed by atoms with E-state index in [9.17, 15) is 0 Å². The number of aryl methyl sites for hydroxylation is 2. The van der Waals surface area contributed by atoms with Crippen LogP contribution in [0.3, 0.4) is 0 Å². The Labute approximate surface area is 122 Å². The van der Waals surface area contributed by atoms with Gasteiger partial charge in [0.1, 0.15) is 0 Å². The molecule has 0 amide bonds. The maximum Gasteiger partial charge on any atom is 0.0414 e. The van der Waals surface area contributed by atoms with Crippen LogP contribution in [-0.4, -0.2) is 6.54 Å². The summed E-state index contributed by atoms with van der Waals surface area (Å²) in [4.78, 5) is 3.29. The quantitative estimate of drug-likeness (QED) is 0.531. The lowest BCUT2D eigenvalue weighted by molar-refractivity contribution is 0.492. The Kier molecular flexibility index (Phi) is 6.39. The first kappa shape index (κ1) is 15.1. The van der Waals surface area contributed by atoms with Gasteiger partial charge in [-0.3, -0.25) is 0 Å². The molecule has 0 bridgehead atoms. The molecule has 1 aromatic rings. The average Bonchev–Trinajstić information content (AvgIpc) is 2.69. The Hall–Kier alpha value is -0.340. The van der Waals surface area contributed by atoms with Crippen molar-refractivity contribution in [2.24, 2.45) is 0 Å². The third kappa shape index (κ3) is 4.32. The van der Waals surface area contributed by atoms with E-state index in [1.54, 1.807) is 15.3 Å². The standard InChI is InChI=1S/C17H29NS/c1-3-5-7-11-15(18-4-2)17-13-14-10-8-6-9-12-16(14)19-17/h13,15,18H,3-12H2,1-2H3. The zero-order chi connectivity index (χ0) is 13.5. The maximum absolute atomic E-state index is 3.69. The van der Waals surface area contributed by atoms with Gasteiger partial charge in [0.05, 0.1) is 0 Å². The van der Waals surface area contributed by atoms with E-state index in [-0.39, 0.29) is 0 Å². The van der Waals surface area contributed by atoms with Crippen LogP contribution in [0.25, 0.3) is 0 Å². The van der Waals surface area contributed by atoms with Crippen molar-refractivity contribution in [3.05, 3.63) is 21.4 Å². The first-order valence-electron chi connectivity index (χ1n) is 8.20. The SMILES string of the molecule is CCCCCC(NCC)c1cc2c(s1)CCCCC2. The molecule has 1 aliphatic carbocycles. The number of nitrogens with one attached hydrogen (secondary N) is 1. The number of fused-ring (bicyclic) bond motifs is 1. The van der Waals surface area contributed by atoms with Crippen molar-refractivity contribution < 1.29 is 0 Å². The molecule has 108 valence electrons. The van der Waals surface area contributed by atoms with Gasteiger partial charge < -0.3 is 5.32 Å². The highest BCUT2D eigenvalue weighted by atomic mass is 32.1. The van der Waals surface area contributed by atoms with Crippen molar-refractivity contribution in [1.82, 2.24) is 5.32 Å². The van der Waals surface area contributed by atoms with Gasteiger partial charge in [-0.25, -0.2) is 0 Å². The van der Waals surface area contributed by atoms with E-state index in [1.807, 2.05) is 0 Å². The van der Waals surface area contributed by atoms with Crippen molar-refractivity contribution in [2.45, 2.75) is 77.7 Å². The van der Waals surface area contributed by atoms with Gasteiger partial charge in [0, 0.05) is 15.8 Å². The first-order chi connectivity index (χ1) is 9.35. The van der Waals surface area contributed by atoms with E-state index < -0.39 is 0 Å². The smallest absolute Gasteiger partial charge is 0.0414 e. The third-order valence-electron chi connectivity index (χ3n) is 4.16. The maximum atomic E-state index is 3.69. The number of rotatable bonds is 7. The van der Waals surface area contributed by atoms with E-state index in [1.165, 1.54) is 57.8 Å². The second kappa shape index (κ2) is 8.06. The molecule has 0 aliphatic heterocycles. The molecule has 1 nitrogen and oxygen atoms in total. The molecule has 1 unspecified atom stereocenters. The summed E-state index contributed by atoms with van der Waals surface area (Å²) in [6.45, 7) is 5.60. The van der Waals surface area contributed by atoms with Gasteiger partial charge >= 0.3 is 0 Å². The van der Waals surface area contributed by atoms with Crippen molar-refractivity contribution in [3.63, 3.8) is 0 Å². The molecule has 0 aromatic carbocycles. The number of unbranched alkanes of at least 4 members (excludes halogenated alkanes) is 2. The van der Waals surface area contributed by atoms with Gasteiger partial charge in [-0.05, 0) is 50.3 Å². The van der Waals surface area contributed by atoms with E-state index in [2.05, 4.69) is 36.6 Å². The Balaban J connectivity index is 2.03. The molecular weight excluding hydrogens is 250 g/mol. The Morgan fingerprint density at radius 1 is 1.16 bits per heavy atom. The van der Waals surface area contributed by atoms with E-state index in [0.29, 0.717) is 6.04 Å². The van der Waals surface area contributed by atoms with Crippen molar-refractivity contribution in [3.8, 4) is 0 Å². The molecule has 0 saturated heterocycles. The molecule has 1 aliphatic rings. The summed E-state index contributed by atoms with van der Waals surface area (Å²) in [5.41, 5.74) is 1.66.